The first kappa shape index (κ1) is 21.9. The highest BCUT2D eigenvalue weighted by molar-refractivity contribution is 6.03. The maximum absolute atomic E-state index is 11.9. The van der Waals surface area contributed by atoms with Gasteiger partial charge < -0.3 is 19.7 Å². The van der Waals surface area contributed by atoms with Gasteiger partial charge in [-0.3, -0.25) is 0 Å². The number of carboxylic acids is 2. The molecule has 0 aromatic heterocycles. The molecule has 0 saturated carbocycles. The number of hydrogen-bond donors (Lipinski definition) is 2. The molecule has 0 bridgehead atoms. The van der Waals surface area contributed by atoms with Crippen LogP contribution < -0.4 is 0 Å². The summed E-state index contributed by atoms with van der Waals surface area (Å²) in [5.41, 5.74) is -0.541. The number of hydrogen-bond acceptors (Lipinski definition) is 6. The molecule has 0 aliphatic carbocycles. The topological polar surface area (TPSA) is 127 Å². The molecule has 0 atom stereocenters. The van der Waals surface area contributed by atoms with Crippen molar-refractivity contribution in [2.45, 2.75) is 32.6 Å². The van der Waals surface area contributed by atoms with Crippen molar-refractivity contribution < 1.29 is 38.9 Å². The molecule has 0 amide bonds. The zero-order valence-electron chi connectivity index (χ0n) is 15.0. The Morgan fingerprint density at radius 3 is 1.96 bits per heavy atom. The Hall–Kier alpha value is -3.16. The maximum atomic E-state index is 11.9. The number of rotatable bonds is 11. The lowest BCUT2D eigenvalue weighted by molar-refractivity contribution is -0.139. The first-order valence-corrected chi connectivity index (χ1v) is 8.34. The molecule has 0 saturated heterocycles. The third kappa shape index (κ3) is 7.31. The quantitative estimate of drug-likeness (QED) is 0.342. The Morgan fingerprint density at radius 1 is 0.889 bits per heavy atom. The Bertz CT molecular complexity index is 735. The summed E-state index contributed by atoms with van der Waals surface area (Å²) in [4.78, 5) is 45.2. The number of unbranched alkanes of at least 4 members (excludes halogenated alkanes) is 3. The van der Waals surface area contributed by atoms with Crippen LogP contribution in [-0.4, -0.2) is 47.3 Å². The van der Waals surface area contributed by atoms with Crippen LogP contribution in [0.1, 0.15) is 63.7 Å². The summed E-state index contributed by atoms with van der Waals surface area (Å²) >= 11 is 0. The standard InChI is InChI=1S/C19H22O8/c1-12(2)18(24)26-9-5-3-4-6-10-27-19(25)13-7-8-14(16(20)21)15(11-13)17(22)23/h7-8,11H,1,3-6,9-10H2,2H3,(H,20,21)(H,22,23). The van der Waals surface area contributed by atoms with Crippen molar-refractivity contribution in [3.63, 3.8) is 0 Å². The number of carbonyl (C=O) groups is 4. The molecule has 8 nitrogen and oxygen atoms in total. The predicted octanol–water partition coefficient (Wildman–Crippen LogP) is 2.92. The van der Waals surface area contributed by atoms with E-state index in [-0.39, 0.29) is 12.2 Å². The molecule has 1 rings (SSSR count). The van der Waals surface area contributed by atoms with E-state index in [2.05, 4.69) is 6.58 Å². The molecular weight excluding hydrogens is 356 g/mol. The fraction of sp³-hybridized carbons (Fsp3) is 0.368. The van der Waals surface area contributed by atoms with Gasteiger partial charge in [0.1, 0.15) is 0 Å². The summed E-state index contributed by atoms with van der Waals surface area (Å²) in [6.07, 6.45) is 2.83. The largest absolute Gasteiger partial charge is 0.478 e. The second-order valence-corrected chi connectivity index (χ2v) is 5.84. The average Bonchev–Trinajstić information content (AvgIpc) is 2.62. The zero-order chi connectivity index (χ0) is 20.4. The van der Waals surface area contributed by atoms with Crippen molar-refractivity contribution in [2.24, 2.45) is 0 Å². The van der Waals surface area contributed by atoms with Crippen LogP contribution in [0.5, 0.6) is 0 Å². The van der Waals surface area contributed by atoms with E-state index < -0.39 is 35.0 Å². The first-order chi connectivity index (χ1) is 12.7. The Kier molecular flexibility index (Phi) is 8.71. The van der Waals surface area contributed by atoms with E-state index in [9.17, 15) is 19.2 Å². The van der Waals surface area contributed by atoms with Gasteiger partial charge in [-0.25, -0.2) is 19.2 Å². The van der Waals surface area contributed by atoms with Crippen LogP contribution in [0.25, 0.3) is 0 Å². The third-order valence-corrected chi connectivity index (χ3v) is 3.57. The van der Waals surface area contributed by atoms with Gasteiger partial charge in [-0.15, -0.1) is 0 Å². The Labute approximate surface area is 156 Å². The summed E-state index contributed by atoms with van der Waals surface area (Å²) in [5.74, 6) is -3.96. The molecule has 0 spiro atoms. The normalized spacial score (nSPS) is 10.1. The van der Waals surface area contributed by atoms with Gasteiger partial charge in [-0.2, -0.15) is 0 Å². The molecule has 1 aromatic rings. The van der Waals surface area contributed by atoms with Crippen molar-refractivity contribution in [1.29, 1.82) is 0 Å². The van der Waals surface area contributed by atoms with Crippen LogP contribution >= 0.6 is 0 Å². The molecule has 0 radical (unpaired) electrons. The van der Waals surface area contributed by atoms with Crippen LogP contribution in [0.2, 0.25) is 0 Å². The van der Waals surface area contributed by atoms with E-state index in [1.807, 2.05) is 0 Å². The lowest BCUT2D eigenvalue weighted by Gasteiger charge is -2.07. The molecule has 8 heteroatoms. The van der Waals surface area contributed by atoms with Gasteiger partial charge in [-0.05, 0) is 50.8 Å². The van der Waals surface area contributed by atoms with Crippen molar-refractivity contribution in [2.75, 3.05) is 13.2 Å². The summed E-state index contributed by atoms with van der Waals surface area (Å²) in [6, 6.07) is 3.27. The number of benzene rings is 1. The molecule has 146 valence electrons. The number of esters is 2. The Balaban J connectivity index is 2.36. The van der Waals surface area contributed by atoms with Crippen LogP contribution in [0.4, 0.5) is 0 Å². The van der Waals surface area contributed by atoms with Gasteiger partial charge in [0.05, 0.1) is 29.9 Å². The molecule has 1 aromatic carbocycles. The van der Waals surface area contributed by atoms with Crippen molar-refractivity contribution in [1.82, 2.24) is 0 Å². The summed E-state index contributed by atoms with van der Waals surface area (Å²) in [6.45, 7) is 5.51. The highest BCUT2D eigenvalue weighted by atomic mass is 16.5. The summed E-state index contributed by atoms with van der Waals surface area (Å²) in [5, 5.41) is 18.0. The SMILES string of the molecule is C=C(C)C(=O)OCCCCCCOC(=O)c1ccc(C(=O)O)c(C(=O)O)c1. The summed E-state index contributed by atoms with van der Waals surface area (Å²) < 4.78 is 10.0. The first-order valence-electron chi connectivity index (χ1n) is 8.34. The fourth-order valence-electron chi connectivity index (χ4n) is 2.13. The van der Waals surface area contributed by atoms with Gasteiger partial charge in [0.25, 0.3) is 0 Å². The van der Waals surface area contributed by atoms with E-state index in [1.54, 1.807) is 6.92 Å². The molecule has 2 N–H and O–H groups in total. The lowest BCUT2D eigenvalue weighted by Crippen LogP contribution is -2.12. The molecular formula is C19H22O8. The minimum atomic E-state index is -1.44. The monoisotopic (exact) mass is 378 g/mol. The van der Waals surface area contributed by atoms with Crippen LogP contribution in [0.3, 0.4) is 0 Å². The number of carboxylic acid groups (broad SMARTS) is 2. The second kappa shape index (κ2) is 10.7. The number of ether oxygens (including phenoxy) is 2. The minimum Gasteiger partial charge on any atom is -0.478 e. The van der Waals surface area contributed by atoms with Gasteiger partial charge in [0.15, 0.2) is 0 Å². The molecule has 0 heterocycles. The van der Waals surface area contributed by atoms with Crippen molar-refractivity contribution in [3.05, 3.63) is 47.0 Å². The number of carbonyl (C=O) groups excluding carboxylic acids is 2. The van der Waals surface area contributed by atoms with Crippen molar-refractivity contribution >= 4 is 23.9 Å². The predicted molar refractivity (Wildman–Crippen MR) is 94.9 cm³/mol. The van der Waals surface area contributed by atoms with E-state index in [0.29, 0.717) is 25.0 Å². The smallest absolute Gasteiger partial charge is 0.338 e. The minimum absolute atomic E-state index is 0.0240. The highest BCUT2D eigenvalue weighted by Crippen LogP contribution is 2.14. The van der Waals surface area contributed by atoms with Crippen molar-refractivity contribution in [3.8, 4) is 0 Å². The molecule has 0 unspecified atom stereocenters. The second-order valence-electron chi connectivity index (χ2n) is 5.84. The lowest BCUT2D eigenvalue weighted by atomic mass is 10.0. The number of aromatic carboxylic acids is 2. The maximum Gasteiger partial charge on any atom is 0.338 e. The van der Waals surface area contributed by atoms with Crippen LogP contribution in [-0.2, 0) is 14.3 Å². The molecule has 0 aliphatic rings. The van der Waals surface area contributed by atoms with E-state index in [4.69, 9.17) is 19.7 Å². The molecule has 27 heavy (non-hydrogen) atoms. The zero-order valence-corrected chi connectivity index (χ0v) is 15.0. The highest BCUT2D eigenvalue weighted by Gasteiger charge is 2.19. The average molecular weight is 378 g/mol. The molecule has 0 fully saturated rings. The van der Waals surface area contributed by atoms with Gasteiger partial charge in [0.2, 0.25) is 0 Å². The van der Waals surface area contributed by atoms with Crippen LogP contribution in [0.15, 0.2) is 30.4 Å². The summed E-state index contributed by atoms with van der Waals surface area (Å²) in [7, 11) is 0. The van der Waals surface area contributed by atoms with Gasteiger partial charge in [0, 0.05) is 5.57 Å². The Morgan fingerprint density at radius 2 is 1.44 bits per heavy atom. The fourth-order valence-corrected chi connectivity index (χ4v) is 2.13. The van der Waals surface area contributed by atoms with Gasteiger partial charge in [-0.1, -0.05) is 6.58 Å². The van der Waals surface area contributed by atoms with E-state index in [1.165, 1.54) is 6.07 Å². The van der Waals surface area contributed by atoms with E-state index in [0.717, 1.165) is 25.0 Å². The third-order valence-electron chi connectivity index (χ3n) is 3.57. The van der Waals surface area contributed by atoms with Gasteiger partial charge >= 0.3 is 23.9 Å². The van der Waals surface area contributed by atoms with Crippen LogP contribution in [0, 0.1) is 0 Å². The molecule has 0 aliphatic heterocycles. The van der Waals surface area contributed by atoms with E-state index >= 15 is 0 Å².